The molecular formula is C18H18N4. The minimum atomic E-state index is 0.883. The second kappa shape index (κ2) is 6.26. The fourth-order valence-electron chi connectivity index (χ4n) is 2.24. The minimum Gasteiger partial charge on any atom is -0.278 e. The van der Waals surface area contributed by atoms with Gasteiger partial charge < -0.3 is 0 Å². The first kappa shape index (κ1) is 14.1. The van der Waals surface area contributed by atoms with Gasteiger partial charge in [-0.05, 0) is 44.2 Å². The number of anilines is 1. The molecule has 3 aromatic rings. The first-order valence-corrected chi connectivity index (χ1v) is 7.22. The van der Waals surface area contributed by atoms with Gasteiger partial charge in [-0.25, -0.2) is 4.68 Å². The van der Waals surface area contributed by atoms with Crippen molar-refractivity contribution in [3.05, 3.63) is 78.1 Å². The van der Waals surface area contributed by atoms with E-state index in [2.05, 4.69) is 15.6 Å². The van der Waals surface area contributed by atoms with Crippen molar-refractivity contribution in [2.24, 2.45) is 5.10 Å². The normalized spacial score (nSPS) is 11.5. The number of nitrogens with zero attached hydrogens (tertiary/aromatic N) is 3. The zero-order valence-electron chi connectivity index (χ0n) is 12.7. The van der Waals surface area contributed by atoms with Crippen LogP contribution in [0.3, 0.4) is 0 Å². The van der Waals surface area contributed by atoms with Gasteiger partial charge in [-0.1, -0.05) is 36.4 Å². The SMILES string of the molecule is C/C(=N\Nc1ccccc1)c1cc(C)nn1-c1ccccc1. The molecule has 2 aromatic carbocycles. The van der Waals surface area contributed by atoms with E-state index in [0.717, 1.165) is 28.5 Å². The summed E-state index contributed by atoms with van der Waals surface area (Å²) in [6.07, 6.45) is 0. The number of aromatic nitrogens is 2. The maximum Gasteiger partial charge on any atom is 0.0901 e. The minimum absolute atomic E-state index is 0.883. The van der Waals surface area contributed by atoms with Crippen molar-refractivity contribution in [2.45, 2.75) is 13.8 Å². The van der Waals surface area contributed by atoms with Crippen LogP contribution in [-0.2, 0) is 0 Å². The average Bonchev–Trinajstić information content (AvgIpc) is 2.96. The molecule has 0 aliphatic heterocycles. The lowest BCUT2D eigenvalue weighted by Crippen LogP contribution is -2.08. The van der Waals surface area contributed by atoms with Crippen molar-refractivity contribution in [2.75, 3.05) is 5.43 Å². The Kier molecular flexibility index (Phi) is 4.01. The summed E-state index contributed by atoms with van der Waals surface area (Å²) < 4.78 is 1.92. The Bertz CT molecular complexity index is 773. The van der Waals surface area contributed by atoms with Gasteiger partial charge in [0.1, 0.15) is 0 Å². The van der Waals surface area contributed by atoms with Gasteiger partial charge >= 0.3 is 0 Å². The lowest BCUT2D eigenvalue weighted by molar-refractivity contribution is 0.853. The molecule has 1 N–H and O–H groups in total. The zero-order chi connectivity index (χ0) is 15.4. The third-order valence-corrected chi connectivity index (χ3v) is 3.33. The van der Waals surface area contributed by atoms with Crippen LogP contribution in [0.4, 0.5) is 5.69 Å². The molecule has 0 atom stereocenters. The van der Waals surface area contributed by atoms with Gasteiger partial charge in [0, 0.05) is 0 Å². The topological polar surface area (TPSA) is 42.2 Å². The summed E-state index contributed by atoms with van der Waals surface area (Å²) in [6.45, 7) is 3.96. The number of hydrogen-bond acceptors (Lipinski definition) is 3. The standard InChI is InChI=1S/C18H18N4/c1-14-13-18(22(21-14)17-11-7-4-8-12-17)15(2)19-20-16-9-5-3-6-10-16/h3-13,20H,1-2H3/b19-15+. The Morgan fingerprint density at radius 1 is 1.00 bits per heavy atom. The van der Waals surface area contributed by atoms with E-state index in [1.165, 1.54) is 0 Å². The Labute approximate surface area is 130 Å². The van der Waals surface area contributed by atoms with Crippen LogP contribution in [0.1, 0.15) is 18.3 Å². The van der Waals surface area contributed by atoms with Crippen LogP contribution in [0.15, 0.2) is 71.8 Å². The molecule has 3 rings (SSSR count). The van der Waals surface area contributed by atoms with Crippen LogP contribution < -0.4 is 5.43 Å². The molecule has 0 aliphatic rings. The molecule has 0 unspecified atom stereocenters. The Balaban J connectivity index is 1.91. The van der Waals surface area contributed by atoms with E-state index >= 15 is 0 Å². The van der Waals surface area contributed by atoms with E-state index in [4.69, 9.17) is 0 Å². The maximum atomic E-state index is 4.57. The molecular weight excluding hydrogens is 272 g/mol. The maximum absolute atomic E-state index is 4.57. The van der Waals surface area contributed by atoms with Gasteiger partial charge in [0.05, 0.1) is 28.5 Å². The summed E-state index contributed by atoms with van der Waals surface area (Å²) in [6, 6.07) is 22.0. The molecule has 4 nitrogen and oxygen atoms in total. The second-order valence-corrected chi connectivity index (χ2v) is 5.09. The fourth-order valence-corrected chi connectivity index (χ4v) is 2.24. The van der Waals surface area contributed by atoms with E-state index < -0.39 is 0 Å². The molecule has 0 spiro atoms. The molecule has 110 valence electrons. The number of hydrazone groups is 1. The van der Waals surface area contributed by atoms with E-state index in [0.29, 0.717) is 0 Å². The largest absolute Gasteiger partial charge is 0.278 e. The molecule has 0 amide bonds. The predicted octanol–water partition coefficient (Wildman–Crippen LogP) is 4.02. The van der Waals surface area contributed by atoms with Gasteiger partial charge in [-0.2, -0.15) is 10.2 Å². The van der Waals surface area contributed by atoms with Gasteiger partial charge in [0.2, 0.25) is 0 Å². The molecule has 0 saturated heterocycles. The second-order valence-electron chi connectivity index (χ2n) is 5.09. The first-order valence-electron chi connectivity index (χ1n) is 7.22. The third-order valence-electron chi connectivity index (χ3n) is 3.33. The highest BCUT2D eigenvalue weighted by molar-refractivity contribution is 5.98. The van der Waals surface area contributed by atoms with Crippen molar-refractivity contribution in [3.63, 3.8) is 0 Å². The Morgan fingerprint density at radius 2 is 1.64 bits per heavy atom. The van der Waals surface area contributed by atoms with Crippen molar-refractivity contribution < 1.29 is 0 Å². The highest BCUT2D eigenvalue weighted by Gasteiger charge is 2.10. The van der Waals surface area contributed by atoms with E-state index in [1.54, 1.807) is 0 Å². The molecule has 0 radical (unpaired) electrons. The Hall–Kier alpha value is -2.88. The van der Waals surface area contributed by atoms with E-state index in [-0.39, 0.29) is 0 Å². The van der Waals surface area contributed by atoms with Crippen molar-refractivity contribution in [3.8, 4) is 5.69 Å². The average molecular weight is 290 g/mol. The molecule has 1 aromatic heterocycles. The summed E-state index contributed by atoms with van der Waals surface area (Å²) in [5, 5.41) is 9.03. The summed E-state index contributed by atoms with van der Waals surface area (Å²) >= 11 is 0. The molecule has 0 bridgehead atoms. The number of rotatable bonds is 4. The molecule has 0 fully saturated rings. The van der Waals surface area contributed by atoms with Crippen LogP contribution in [0.25, 0.3) is 5.69 Å². The third kappa shape index (κ3) is 3.06. The number of aryl methyl sites for hydroxylation is 1. The number of para-hydroxylation sites is 2. The fraction of sp³-hybridized carbons (Fsp3) is 0.111. The quantitative estimate of drug-likeness (QED) is 0.582. The Morgan fingerprint density at radius 3 is 2.32 bits per heavy atom. The van der Waals surface area contributed by atoms with Gasteiger partial charge in [-0.15, -0.1) is 0 Å². The van der Waals surface area contributed by atoms with Crippen LogP contribution >= 0.6 is 0 Å². The summed E-state index contributed by atoms with van der Waals surface area (Å²) in [4.78, 5) is 0. The monoisotopic (exact) mass is 290 g/mol. The van der Waals surface area contributed by atoms with Gasteiger partial charge in [0.25, 0.3) is 0 Å². The van der Waals surface area contributed by atoms with E-state index in [1.807, 2.05) is 85.3 Å². The van der Waals surface area contributed by atoms with Gasteiger partial charge in [-0.3, -0.25) is 5.43 Å². The van der Waals surface area contributed by atoms with Crippen LogP contribution in [0.2, 0.25) is 0 Å². The van der Waals surface area contributed by atoms with Crippen LogP contribution in [0, 0.1) is 6.92 Å². The molecule has 22 heavy (non-hydrogen) atoms. The zero-order valence-corrected chi connectivity index (χ0v) is 12.7. The first-order chi connectivity index (χ1) is 10.7. The number of hydrogen-bond donors (Lipinski definition) is 1. The lowest BCUT2D eigenvalue weighted by Gasteiger charge is -2.07. The molecule has 1 heterocycles. The molecule has 0 aliphatic carbocycles. The highest BCUT2D eigenvalue weighted by Crippen LogP contribution is 2.14. The summed E-state index contributed by atoms with van der Waals surface area (Å²) in [5.41, 5.74) is 7.90. The highest BCUT2D eigenvalue weighted by atomic mass is 15.3. The van der Waals surface area contributed by atoms with Crippen molar-refractivity contribution in [1.82, 2.24) is 9.78 Å². The van der Waals surface area contributed by atoms with Crippen LogP contribution in [0.5, 0.6) is 0 Å². The molecule has 4 heteroatoms. The van der Waals surface area contributed by atoms with Crippen molar-refractivity contribution >= 4 is 11.4 Å². The van der Waals surface area contributed by atoms with Crippen molar-refractivity contribution in [1.29, 1.82) is 0 Å². The summed E-state index contributed by atoms with van der Waals surface area (Å²) in [5.74, 6) is 0. The lowest BCUT2D eigenvalue weighted by atomic mass is 10.2. The molecule has 0 saturated carbocycles. The smallest absolute Gasteiger partial charge is 0.0901 e. The number of nitrogens with one attached hydrogen (secondary N) is 1. The predicted molar refractivity (Wildman–Crippen MR) is 90.6 cm³/mol. The van der Waals surface area contributed by atoms with E-state index in [9.17, 15) is 0 Å². The summed E-state index contributed by atoms with van der Waals surface area (Å²) in [7, 11) is 0. The van der Waals surface area contributed by atoms with Gasteiger partial charge in [0.15, 0.2) is 0 Å². The number of benzene rings is 2. The van der Waals surface area contributed by atoms with Crippen LogP contribution in [-0.4, -0.2) is 15.5 Å².